The second-order valence-corrected chi connectivity index (χ2v) is 7.12. The molecule has 2 heterocycles. The average Bonchev–Trinajstić information content (AvgIpc) is 3.13. The molecule has 4 nitrogen and oxygen atoms in total. The Morgan fingerprint density at radius 1 is 1.35 bits per heavy atom. The lowest BCUT2D eigenvalue weighted by atomic mass is 9.94. The van der Waals surface area contributed by atoms with Crippen molar-refractivity contribution in [1.82, 2.24) is 9.80 Å². The predicted molar refractivity (Wildman–Crippen MR) is 91.5 cm³/mol. The number of ether oxygens (including phenoxy) is 1. The Morgan fingerprint density at radius 3 is 3.00 bits per heavy atom. The van der Waals surface area contributed by atoms with Gasteiger partial charge < -0.3 is 9.64 Å². The van der Waals surface area contributed by atoms with Gasteiger partial charge in [-0.3, -0.25) is 9.69 Å². The summed E-state index contributed by atoms with van der Waals surface area (Å²) in [7, 11) is 1.64. The van der Waals surface area contributed by atoms with E-state index in [1.807, 2.05) is 23.1 Å². The molecule has 2 aliphatic rings. The van der Waals surface area contributed by atoms with Gasteiger partial charge in [-0.1, -0.05) is 23.7 Å². The molecule has 2 saturated heterocycles. The van der Waals surface area contributed by atoms with Crippen LogP contribution < -0.4 is 0 Å². The summed E-state index contributed by atoms with van der Waals surface area (Å²) in [5.41, 5.74) is 1.41. The summed E-state index contributed by atoms with van der Waals surface area (Å²) < 4.78 is 5.03. The van der Waals surface area contributed by atoms with Crippen LogP contribution >= 0.6 is 11.6 Å². The van der Waals surface area contributed by atoms with Crippen LogP contribution in [0.15, 0.2) is 24.3 Å². The Bertz CT molecular complexity index is 566. The normalized spacial score (nSPS) is 24.7. The van der Waals surface area contributed by atoms with E-state index in [0.29, 0.717) is 13.0 Å². The molecule has 1 atom stereocenters. The van der Waals surface area contributed by atoms with Crippen LogP contribution in [0.25, 0.3) is 0 Å². The van der Waals surface area contributed by atoms with Crippen LogP contribution in [0.3, 0.4) is 0 Å². The molecule has 0 saturated carbocycles. The Labute approximate surface area is 143 Å². The molecule has 0 N–H and O–H groups in total. The summed E-state index contributed by atoms with van der Waals surface area (Å²) in [6.07, 6.45) is 3.95. The third-order valence-corrected chi connectivity index (χ3v) is 5.44. The fourth-order valence-electron chi connectivity index (χ4n) is 3.98. The molecule has 23 heavy (non-hydrogen) atoms. The number of likely N-dealkylation sites (tertiary alicyclic amines) is 2. The number of hydrogen-bond donors (Lipinski definition) is 0. The molecule has 3 rings (SSSR count). The van der Waals surface area contributed by atoms with Crippen molar-refractivity contribution in [3.8, 4) is 0 Å². The number of methoxy groups -OCH3 is 1. The van der Waals surface area contributed by atoms with Crippen LogP contribution in [-0.4, -0.2) is 54.6 Å². The number of benzene rings is 1. The van der Waals surface area contributed by atoms with Gasteiger partial charge in [0.05, 0.1) is 13.0 Å². The molecule has 1 spiro atoms. The van der Waals surface area contributed by atoms with Gasteiger partial charge in [-0.2, -0.15) is 0 Å². The quantitative estimate of drug-likeness (QED) is 0.828. The van der Waals surface area contributed by atoms with E-state index in [9.17, 15) is 4.79 Å². The van der Waals surface area contributed by atoms with E-state index in [-0.39, 0.29) is 11.4 Å². The van der Waals surface area contributed by atoms with Crippen molar-refractivity contribution in [1.29, 1.82) is 0 Å². The van der Waals surface area contributed by atoms with E-state index in [0.717, 1.165) is 37.6 Å². The zero-order chi connectivity index (χ0) is 16.3. The summed E-state index contributed by atoms with van der Waals surface area (Å²) >= 11 is 6.11. The molecule has 2 fully saturated rings. The summed E-state index contributed by atoms with van der Waals surface area (Å²) in [6, 6.07) is 8.10. The standard InChI is InChI=1S/C18H25ClN2O2/c1-23-11-6-17(22)20-10-8-18(14-20)7-3-9-21(18)13-15-4-2-5-16(19)12-15/h2,4-5,12H,3,6-11,13-14H2,1H3. The predicted octanol–water partition coefficient (Wildman–Crippen LogP) is 2.94. The molecule has 1 unspecified atom stereocenters. The van der Waals surface area contributed by atoms with Crippen molar-refractivity contribution in [3.63, 3.8) is 0 Å². The third kappa shape index (κ3) is 3.70. The number of nitrogens with zero attached hydrogens (tertiary/aromatic N) is 2. The highest BCUT2D eigenvalue weighted by atomic mass is 35.5. The number of carbonyl (C=O) groups is 1. The number of rotatable bonds is 5. The fraction of sp³-hybridized carbons (Fsp3) is 0.611. The molecular weight excluding hydrogens is 312 g/mol. The van der Waals surface area contributed by atoms with E-state index < -0.39 is 0 Å². The lowest BCUT2D eigenvalue weighted by Gasteiger charge is -2.35. The molecule has 1 aromatic rings. The van der Waals surface area contributed by atoms with Crippen LogP contribution in [0.1, 0.15) is 31.2 Å². The van der Waals surface area contributed by atoms with E-state index in [1.165, 1.54) is 18.4 Å². The van der Waals surface area contributed by atoms with Gasteiger partial charge in [0.15, 0.2) is 0 Å². The number of halogens is 1. The SMILES string of the molecule is COCCC(=O)N1CCC2(CCCN2Cc2cccc(Cl)c2)C1. The first-order valence-corrected chi connectivity index (χ1v) is 8.77. The maximum atomic E-state index is 12.3. The Hall–Kier alpha value is -1.10. The molecule has 5 heteroatoms. The number of amides is 1. The minimum Gasteiger partial charge on any atom is -0.384 e. The summed E-state index contributed by atoms with van der Waals surface area (Å²) in [5, 5.41) is 0.790. The molecule has 0 aromatic heterocycles. The van der Waals surface area contributed by atoms with Crippen LogP contribution in [0.5, 0.6) is 0 Å². The largest absolute Gasteiger partial charge is 0.384 e. The highest BCUT2D eigenvalue weighted by Crippen LogP contribution is 2.38. The van der Waals surface area contributed by atoms with Gasteiger partial charge in [0.2, 0.25) is 5.91 Å². The van der Waals surface area contributed by atoms with Gasteiger partial charge in [-0.15, -0.1) is 0 Å². The van der Waals surface area contributed by atoms with Gasteiger partial charge in [0.25, 0.3) is 0 Å². The Morgan fingerprint density at radius 2 is 2.22 bits per heavy atom. The smallest absolute Gasteiger partial charge is 0.224 e. The first-order valence-electron chi connectivity index (χ1n) is 8.39. The zero-order valence-corrected chi connectivity index (χ0v) is 14.5. The zero-order valence-electron chi connectivity index (χ0n) is 13.8. The molecule has 0 aliphatic carbocycles. The minimum absolute atomic E-state index is 0.158. The molecule has 2 aliphatic heterocycles. The highest BCUT2D eigenvalue weighted by molar-refractivity contribution is 6.30. The molecule has 1 amide bonds. The van der Waals surface area contributed by atoms with Crippen molar-refractivity contribution < 1.29 is 9.53 Å². The van der Waals surface area contributed by atoms with Crippen molar-refractivity contribution in [2.45, 2.75) is 37.8 Å². The minimum atomic E-state index is 0.158. The fourth-order valence-corrected chi connectivity index (χ4v) is 4.19. The van der Waals surface area contributed by atoms with E-state index in [1.54, 1.807) is 7.11 Å². The van der Waals surface area contributed by atoms with Crippen molar-refractivity contribution in [2.75, 3.05) is 33.4 Å². The monoisotopic (exact) mass is 336 g/mol. The van der Waals surface area contributed by atoms with Crippen molar-refractivity contribution >= 4 is 17.5 Å². The second-order valence-electron chi connectivity index (χ2n) is 6.69. The Kier molecular flexibility index (Phi) is 5.24. The van der Waals surface area contributed by atoms with Crippen LogP contribution in [0, 0.1) is 0 Å². The van der Waals surface area contributed by atoms with Crippen LogP contribution in [-0.2, 0) is 16.1 Å². The number of hydrogen-bond acceptors (Lipinski definition) is 3. The maximum absolute atomic E-state index is 12.3. The van der Waals surface area contributed by atoms with Gasteiger partial charge in [-0.25, -0.2) is 0 Å². The van der Waals surface area contributed by atoms with E-state index >= 15 is 0 Å². The van der Waals surface area contributed by atoms with Crippen LogP contribution in [0.2, 0.25) is 5.02 Å². The molecule has 0 bridgehead atoms. The summed E-state index contributed by atoms with van der Waals surface area (Å²) in [4.78, 5) is 16.8. The second kappa shape index (κ2) is 7.20. The highest BCUT2D eigenvalue weighted by Gasteiger charge is 2.46. The lowest BCUT2D eigenvalue weighted by Crippen LogP contribution is -2.46. The number of carbonyl (C=O) groups excluding carboxylic acids is 1. The first-order chi connectivity index (χ1) is 11.1. The average molecular weight is 337 g/mol. The summed E-state index contributed by atoms with van der Waals surface area (Å²) in [5.74, 6) is 0.221. The van der Waals surface area contributed by atoms with Gasteiger partial charge >= 0.3 is 0 Å². The van der Waals surface area contributed by atoms with Crippen LogP contribution in [0.4, 0.5) is 0 Å². The van der Waals surface area contributed by atoms with Crippen molar-refractivity contribution in [3.05, 3.63) is 34.9 Å². The molecule has 126 valence electrons. The van der Waals surface area contributed by atoms with Gasteiger partial charge in [-0.05, 0) is 43.5 Å². The lowest BCUT2D eigenvalue weighted by molar-refractivity contribution is -0.131. The maximum Gasteiger partial charge on any atom is 0.224 e. The van der Waals surface area contributed by atoms with Gasteiger partial charge in [0.1, 0.15) is 0 Å². The Balaban J connectivity index is 1.65. The topological polar surface area (TPSA) is 32.8 Å². The summed E-state index contributed by atoms with van der Waals surface area (Å²) in [6.45, 7) is 4.26. The van der Waals surface area contributed by atoms with E-state index in [4.69, 9.17) is 16.3 Å². The molecular formula is C18H25ClN2O2. The molecule has 1 aromatic carbocycles. The van der Waals surface area contributed by atoms with Gasteiger partial charge in [0, 0.05) is 37.3 Å². The van der Waals surface area contributed by atoms with E-state index in [2.05, 4.69) is 11.0 Å². The molecule has 0 radical (unpaired) electrons. The van der Waals surface area contributed by atoms with Crippen molar-refractivity contribution in [2.24, 2.45) is 0 Å². The first kappa shape index (κ1) is 16.7. The third-order valence-electron chi connectivity index (χ3n) is 5.21.